The van der Waals surface area contributed by atoms with Gasteiger partial charge in [0.1, 0.15) is 17.4 Å². The molecule has 0 unspecified atom stereocenters. The summed E-state index contributed by atoms with van der Waals surface area (Å²) in [4.78, 5) is 25.4. The molecule has 4 rings (SSSR count). The van der Waals surface area contributed by atoms with Crippen molar-refractivity contribution in [1.82, 2.24) is 24.6 Å². The fraction of sp³-hybridized carbons (Fsp3) is 0.300. The third-order valence-corrected chi connectivity index (χ3v) is 4.88. The van der Waals surface area contributed by atoms with Crippen LogP contribution in [0.2, 0.25) is 0 Å². The second-order valence-corrected chi connectivity index (χ2v) is 6.66. The number of amides is 1. The van der Waals surface area contributed by atoms with Crippen LogP contribution in [0.5, 0.6) is 0 Å². The topological polar surface area (TPSA) is 67.2 Å². The minimum absolute atomic E-state index is 0.0442. The molecule has 1 aromatic carbocycles. The van der Waals surface area contributed by atoms with Gasteiger partial charge in [-0.2, -0.15) is 5.10 Å². The van der Waals surface area contributed by atoms with Crippen LogP contribution < -0.4 is 4.90 Å². The lowest BCUT2D eigenvalue weighted by molar-refractivity contribution is -0.126. The molecule has 2 aromatic heterocycles. The molecule has 1 aliphatic rings. The molecule has 0 radical (unpaired) electrons. The highest BCUT2D eigenvalue weighted by Crippen LogP contribution is 2.25. The van der Waals surface area contributed by atoms with Gasteiger partial charge in [-0.25, -0.2) is 9.97 Å². The summed E-state index contributed by atoms with van der Waals surface area (Å²) in [5.41, 5.74) is 3.75. The first kappa shape index (κ1) is 17.2. The van der Waals surface area contributed by atoms with Crippen molar-refractivity contribution in [2.75, 3.05) is 31.1 Å². The number of fused-ring (bicyclic) bond motifs is 1. The van der Waals surface area contributed by atoms with E-state index in [1.54, 1.807) is 12.4 Å². The Morgan fingerprint density at radius 2 is 1.81 bits per heavy atom. The van der Waals surface area contributed by atoms with Crippen molar-refractivity contribution >= 4 is 28.8 Å². The van der Waals surface area contributed by atoms with Gasteiger partial charge in [-0.3, -0.25) is 9.48 Å². The number of anilines is 1. The highest BCUT2D eigenvalue weighted by molar-refractivity contribution is 5.92. The van der Waals surface area contributed by atoms with Gasteiger partial charge in [-0.1, -0.05) is 30.3 Å². The fourth-order valence-corrected chi connectivity index (χ4v) is 3.46. The molecule has 0 bridgehead atoms. The van der Waals surface area contributed by atoms with E-state index in [2.05, 4.69) is 20.0 Å². The summed E-state index contributed by atoms with van der Waals surface area (Å²) in [5.74, 6) is 0.928. The Morgan fingerprint density at radius 3 is 2.56 bits per heavy atom. The maximum atomic E-state index is 12.5. The summed E-state index contributed by atoms with van der Waals surface area (Å²) in [6.07, 6.45) is 5.10. The minimum Gasteiger partial charge on any atom is -0.351 e. The summed E-state index contributed by atoms with van der Waals surface area (Å²) < 4.78 is 1.83. The first-order chi connectivity index (χ1) is 13.1. The van der Waals surface area contributed by atoms with Gasteiger partial charge < -0.3 is 9.80 Å². The van der Waals surface area contributed by atoms with E-state index in [1.165, 1.54) is 0 Å². The molecule has 1 saturated heterocycles. The van der Waals surface area contributed by atoms with E-state index in [0.717, 1.165) is 41.2 Å². The number of aryl methyl sites for hydroxylation is 2. The Morgan fingerprint density at radius 1 is 1.07 bits per heavy atom. The van der Waals surface area contributed by atoms with Gasteiger partial charge >= 0.3 is 0 Å². The van der Waals surface area contributed by atoms with Crippen LogP contribution in [0.3, 0.4) is 0 Å². The highest BCUT2D eigenvalue weighted by Gasteiger charge is 2.23. The standard InChI is InChI=1S/C20H22N6O/c1-15-18-19(24(2)23-15)20(22-14-21-18)26-12-10-25(11-13-26)17(27)9-8-16-6-4-3-5-7-16/h3-9,14H,10-13H2,1-2H3/b9-8+. The van der Waals surface area contributed by atoms with Gasteiger partial charge in [0.05, 0.1) is 5.69 Å². The number of hydrogen-bond acceptors (Lipinski definition) is 5. The average Bonchev–Trinajstić information content (AvgIpc) is 3.01. The molecule has 1 amide bonds. The first-order valence-corrected chi connectivity index (χ1v) is 9.05. The van der Waals surface area contributed by atoms with Gasteiger partial charge in [-0.15, -0.1) is 0 Å². The Bertz CT molecular complexity index is 986. The number of aromatic nitrogens is 4. The molecule has 0 saturated carbocycles. The zero-order valence-corrected chi connectivity index (χ0v) is 15.5. The quantitative estimate of drug-likeness (QED) is 0.667. The Balaban J connectivity index is 1.45. The molecule has 0 spiro atoms. The lowest BCUT2D eigenvalue weighted by Crippen LogP contribution is -2.48. The van der Waals surface area contributed by atoms with Gasteiger partial charge in [0, 0.05) is 39.3 Å². The number of piperazine rings is 1. The van der Waals surface area contributed by atoms with E-state index in [0.29, 0.717) is 13.1 Å². The smallest absolute Gasteiger partial charge is 0.246 e. The van der Waals surface area contributed by atoms with Crippen LogP contribution in [0.15, 0.2) is 42.7 Å². The van der Waals surface area contributed by atoms with Crippen molar-refractivity contribution in [2.45, 2.75) is 6.92 Å². The number of benzene rings is 1. The number of nitrogens with zero attached hydrogens (tertiary/aromatic N) is 6. The lowest BCUT2D eigenvalue weighted by atomic mass is 10.2. The fourth-order valence-electron chi connectivity index (χ4n) is 3.46. The van der Waals surface area contributed by atoms with E-state index in [4.69, 9.17) is 0 Å². The van der Waals surface area contributed by atoms with E-state index in [9.17, 15) is 4.79 Å². The van der Waals surface area contributed by atoms with Crippen LogP contribution in [0.25, 0.3) is 17.1 Å². The maximum absolute atomic E-state index is 12.5. The monoisotopic (exact) mass is 362 g/mol. The molecule has 7 nitrogen and oxygen atoms in total. The van der Waals surface area contributed by atoms with Gasteiger partial charge in [0.15, 0.2) is 5.82 Å². The van der Waals surface area contributed by atoms with Gasteiger partial charge in [-0.05, 0) is 18.6 Å². The molecule has 0 atom stereocenters. The zero-order valence-electron chi connectivity index (χ0n) is 15.5. The van der Waals surface area contributed by atoms with Crippen LogP contribution in [-0.2, 0) is 11.8 Å². The number of rotatable bonds is 3. The van der Waals surface area contributed by atoms with Crippen LogP contribution >= 0.6 is 0 Å². The SMILES string of the molecule is Cc1nn(C)c2c(N3CCN(C(=O)/C=C/c4ccccc4)CC3)ncnc12. The van der Waals surface area contributed by atoms with Crippen molar-refractivity contribution in [3.8, 4) is 0 Å². The number of hydrogen-bond donors (Lipinski definition) is 0. The molecular weight excluding hydrogens is 340 g/mol. The third-order valence-electron chi connectivity index (χ3n) is 4.88. The van der Waals surface area contributed by atoms with Crippen LogP contribution in [0.4, 0.5) is 5.82 Å². The van der Waals surface area contributed by atoms with Gasteiger partial charge in [0.2, 0.25) is 5.91 Å². The minimum atomic E-state index is 0.0442. The average molecular weight is 362 g/mol. The van der Waals surface area contributed by atoms with Crippen LogP contribution in [0, 0.1) is 6.92 Å². The summed E-state index contributed by atoms with van der Waals surface area (Å²) >= 11 is 0. The van der Waals surface area contributed by atoms with Crippen LogP contribution in [0.1, 0.15) is 11.3 Å². The third kappa shape index (κ3) is 3.40. The molecule has 1 fully saturated rings. The zero-order chi connectivity index (χ0) is 18.8. The second-order valence-electron chi connectivity index (χ2n) is 6.66. The molecular formula is C20H22N6O. The predicted octanol–water partition coefficient (Wildman–Crippen LogP) is 2.03. The van der Waals surface area contributed by atoms with E-state index < -0.39 is 0 Å². The molecule has 3 aromatic rings. The number of carbonyl (C=O) groups excluding carboxylic acids is 1. The maximum Gasteiger partial charge on any atom is 0.246 e. The highest BCUT2D eigenvalue weighted by atomic mass is 16.2. The van der Waals surface area contributed by atoms with Crippen molar-refractivity contribution in [3.63, 3.8) is 0 Å². The van der Waals surface area contributed by atoms with Crippen LogP contribution in [-0.4, -0.2) is 56.7 Å². The lowest BCUT2D eigenvalue weighted by Gasteiger charge is -2.35. The van der Waals surface area contributed by atoms with Gasteiger partial charge in [0.25, 0.3) is 0 Å². The van der Waals surface area contributed by atoms with E-state index in [-0.39, 0.29) is 5.91 Å². The summed E-state index contributed by atoms with van der Waals surface area (Å²) in [7, 11) is 1.91. The van der Waals surface area contributed by atoms with Crippen molar-refractivity contribution in [1.29, 1.82) is 0 Å². The second kappa shape index (κ2) is 7.19. The molecule has 27 heavy (non-hydrogen) atoms. The summed E-state index contributed by atoms with van der Waals surface area (Å²) in [6.45, 7) is 4.76. The van der Waals surface area contributed by atoms with Crippen molar-refractivity contribution in [2.24, 2.45) is 7.05 Å². The number of carbonyl (C=O) groups is 1. The Hall–Kier alpha value is -3.22. The predicted molar refractivity (Wildman–Crippen MR) is 105 cm³/mol. The normalized spacial score (nSPS) is 15.0. The largest absolute Gasteiger partial charge is 0.351 e. The van der Waals surface area contributed by atoms with E-state index >= 15 is 0 Å². The molecule has 138 valence electrons. The Labute approximate surface area is 157 Å². The van der Waals surface area contributed by atoms with E-state index in [1.807, 2.05) is 60.0 Å². The summed E-state index contributed by atoms with van der Waals surface area (Å²) in [5, 5.41) is 4.46. The van der Waals surface area contributed by atoms with Crippen molar-refractivity contribution in [3.05, 3.63) is 54.0 Å². The molecule has 1 aliphatic heterocycles. The first-order valence-electron chi connectivity index (χ1n) is 9.05. The molecule has 7 heteroatoms. The Kier molecular flexibility index (Phi) is 4.58. The molecule has 0 aliphatic carbocycles. The molecule has 3 heterocycles. The molecule has 0 N–H and O–H groups in total. The summed E-state index contributed by atoms with van der Waals surface area (Å²) in [6, 6.07) is 9.86. The van der Waals surface area contributed by atoms with Crippen molar-refractivity contribution < 1.29 is 4.79 Å².